The number of alkyl halides is 3. The standard InChI is InChI=1S/C25H20F5N3O2/c26-19-6-1-3-16(23(19)27)15-33-20-7-12-35-22(20)14-21(33)24(34)32-10-8-31(9-11-32)18-5-2-4-17(13-18)25(28,29)30/h1-7,12-14H,8-11,15H2. The lowest BCUT2D eigenvalue weighted by molar-refractivity contribution is -0.137. The highest BCUT2D eigenvalue weighted by Gasteiger charge is 2.32. The van der Waals surface area contributed by atoms with Crippen LogP contribution in [0.5, 0.6) is 0 Å². The lowest BCUT2D eigenvalue weighted by atomic mass is 10.1. The second-order valence-electron chi connectivity index (χ2n) is 8.33. The van der Waals surface area contributed by atoms with E-state index in [0.29, 0.717) is 29.9 Å². The molecule has 0 aliphatic carbocycles. The van der Waals surface area contributed by atoms with Crippen molar-refractivity contribution in [1.29, 1.82) is 0 Å². The predicted octanol–water partition coefficient (Wildman–Crippen LogP) is 5.54. The second-order valence-corrected chi connectivity index (χ2v) is 8.33. The van der Waals surface area contributed by atoms with E-state index in [2.05, 4.69) is 0 Å². The summed E-state index contributed by atoms with van der Waals surface area (Å²) in [6.45, 7) is 1.20. The van der Waals surface area contributed by atoms with E-state index < -0.39 is 23.4 Å². The Kier molecular flexibility index (Phi) is 5.74. The maximum Gasteiger partial charge on any atom is 0.416 e. The van der Waals surface area contributed by atoms with Gasteiger partial charge >= 0.3 is 6.18 Å². The minimum Gasteiger partial charge on any atom is -0.463 e. The quantitative estimate of drug-likeness (QED) is 0.354. The maximum absolute atomic E-state index is 14.3. The third-order valence-electron chi connectivity index (χ3n) is 6.21. The van der Waals surface area contributed by atoms with Crippen LogP contribution in [0.3, 0.4) is 0 Å². The molecule has 1 fully saturated rings. The first-order chi connectivity index (χ1) is 16.7. The van der Waals surface area contributed by atoms with Gasteiger partial charge in [0.25, 0.3) is 5.91 Å². The average molecular weight is 489 g/mol. The normalized spacial score (nSPS) is 14.7. The van der Waals surface area contributed by atoms with Crippen LogP contribution >= 0.6 is 0 Å². The van der Waals surface area contributed by atoms with Crippen molar-refractivity contribution < 1.29 is 31.2 Å². The number of benzene rings is 2. The molecule has 0 radical (unpaired) electrons. The van der Waals surface area contributed by atoms with Crippen molar-refractivity contribution >= 4 is 22.7 Å². The van der Waals surface area contributed by atoms with Crippen LogP contribution in [0.15, 0.2) is 65.3 Å². The predicted molar refractivity (Wildman–Crippen MR) is 119 cm³/mol. The topological polar surface area (TPSA) is 41.6 Å². The number of amides is 1. The molecule has 4 aromatic rings. The number of hydrogen-bond acceptors (Lipinski definition) is 3. The van der Waals surface area contributed by atoms with Crippen molar-refractivity contribution in [2.75, 3.05) is 31.1 Å². The van der Waals surface area contributed by atoms with Gasteiger partial charge in [-0.05, 0) is 24.3 Å². The van der Waals surface area contributed by atoms with Crippen LogP contribution in [0.1, 0.15) is 21.6 Å². The molecule has 5 rings (SSSR count). The van der Waals surface area contributed by atoms with Crippen molar-refractivity contribution in [3.8, 4) is 0 Å². The van der Waals surface area contributed by atoms with E-state index in [0.717, 1.165) is 18.2 Å². The molecule has 2 aromatic carbocycles. The van der Waals surface area contributed by atoms with E-state index >= 15 is 0 Å². The van der Waals surface area contributed by atoms with Gasteiger partial charge in [0.1, 0.15) is 5.69 Å². The number of halogens is 5. The summed E-state index contributed by atoms with van der Waals surface area (Å²) >= 11 is 0. The molecule has 2 aromatic heterocycles. The minimum atomic E-state index is -4.43. The Balaban J connectivity index is 1.36. The van der Waals surface area contributed by atoms with Gasteiger partial charge in [-0.15, -0.1) is 0 Å². The van der Waals surface area contributed by atoms with Gasteiger partial charge in [0.15, 0.2) is 17.2 Å². The summed E-state index contributed by atoms with van der Waals surface area (Å²) in [5.74, 6) is -2.28. The first-order valence-corrected chi connectivity index (χ1v) is 10.9. The monoisotopic (exact) mass is 489 g/mol. The van der Waals surface area contributed by atoms with Gasteiger partial charge in [-0.1, -0.05) is 18.2 Å². The molecular weight excluding hydrogens is 469 g/mol. The van der Waals surface area contributed by atoms with E-state index in [1.807, 2.05) is 0 Å². The lowest BCUT2D eigenvalue weighted by Gasteiger charge is -2.36. The molecule has 1 amide bonds. The van der Waals surface area contributed by atoms with Crippen molar-refractivity contribution in [3.05, 3.63) is 89.3 Å². The van der Waals surface area contributed by atoms with Crippen LogP contribution in [0, 0.1) is 11.6 Å². The number of anilines is 1. The summed E-state index contributed by atoms with van der Waals surface area (Å²) in [5.41, 5.74) is 1.07. The van der Waals surface area contributed by atoms with Crippen LogP contribution in [0.2, 0.25) is 0 Å². The summed E-state index contributed by atoms with van der Waals surface area (Å²) in [7, 11) is 0. The van der Waals surface area contributed by atoms with Gasteiger partial charge in [0.05, 0.1) is 23.9 Å². The molecular formula is C25H20F5N3O2. The summed E-state index contributed by atoms with van der Waals surface area (Å²) in [5, 5.41) is 0. The van der Waals surface area contributed by atoms with Crippen LogP contribution < -0.4 is 4.90 Å². The van der Waals surface area contributed by atoms with E-state index in [9.17, 15) is 26.7 Å². The molecule has 0 N–H and O–H groups in total. The minimum absolute atomic E-state index is 0.0715. The Morgan fingerprint density at radius 1 is 0.943 bits per heavy atom. The van der Waals surface area contributed by atoms with Crippen LogP contribution in [0.25, 0.3) is 11.1 Å². The van der Waals surface area contributed by atoms with E-state index in [1.54, 1.807) is 32.6 Å². The molecule has 0 saturated carbocycles. The van der Waals surface area contributed by atoms with Crippen LogP contribution in [0.4, 0.5) is 27.6 Å². The van der Waals surface area contributed by atoms with Gasteiger partial charge in [0.2, 0.25) is 0 Å². The molecule has 1 saturated heterocycles. The molecule has 35 heavy (non-hydrogen) atoms. The molecule has 0 bridgehead atoms. The molecule has 10 heteroatoms. The Morgan fingerprint density at radius 2 is 1.69 bits per heavy atom. The molecule has 5 nitrogen and oxygen atoms in total. The smallest absolute Gasteiger partial charge is 0.416 e. The van der Waals surface area contributed by atoms with Crippen LogP contribution in [-0.2, 0) is 12.7 Å². The molecule has 182 valence electrons. The second kappa shape index (κ2) is 8.75. The first kappa shape index (κ1) is 22.9. The number of fused-ring (bicyclic) bond motifs is 1. The number of piperazine rings is 1. The zero-order valence-corrected chi connectivity index (χ0v) is 18.4. The van der Waals surface area contributed by atoms with Crippen molar-refractivity contribution in [1.82, 2.24) is 9.47 Å². The van der Waals surface area contributed by atoms with Crippen molar-refractivity contribution in [3.63, 3.8) is 0 Å². The third-order valence-corrected chi connectivity index (χ3v) is 6.21. The third kappa shape index (κ3) is 4.36. The van der Waals surface area contributed by atoms with Gasteiger partial charge < -0.3 is 18.8 Å². The number of hydrogen-bond donors (Lipinski definition) is 0. The Labute approximate surface area is 196 Å². The van der Waals surface area contributed by atoms with Crippen LogP contribution in [-0.4, -0.2) is 41.6 Å². The molecule has 0 unspecified atom stereocenters. The number of carbonyl (C=O) groups is 1. The highest BCUT2D eigenvalue weighted by atomic mass is 19.4. The number of nitrogens with zero attached hydrogens (tertiary/aromatic N) is 3. The van der Waals surface area contributed by atoms with Crippen molar-refractivity contribution in [2.24, 2.45) is 0 Å². The summed E-state index contributed by atoms with van der Waals surface area (Å²) in [4.78, 5) is 16.8. The zero-order valence-electron chi connectivity index (χ0n) is 18.4. The zero-order chi connectivity index (χ0) is 24.7. The SMILES string of the molecule is O=C(c1cc2occc2n1Cc1cccc(F)c1F)N1CCN(c2cccc(C(F)(F)F)c2)CC1. The average Bonchev–Trinajstić information content (AvgIpc) is 3.44. The lowest BCUT2D eigenvalue weighted by Crippen LogP contribution is -2.49. The molecule has 0 atom stereocenters. The maximum atomic E-state index is 14.3. The van der Waals surface area contributed by atoms with Gasteiger partial charge in [0, 0.05) is 49.6 Å². The summed E-state index contributed by atoms with van der Waals surface area (Å²) in [6.07, 6.45) is -2.98. The molecule has 1 aliphatic rings. The highest BCUT2D eigenvalue weighted by Crippen LogP contribution is 2.32. The Morgan fingerprint density at radius 3 is 2.43 bits per heavy atom. The van der Waals surface area contributed by atoms with Gasteiger partial charge in [-0.2, -0.15) is 13.2 Å². The highest BCUT2D eigenvalue weighted by molar-refractivity contribution is 5.97. The molecule has 1 aliphatic heterocycles. The fourth-order valence-corrected chi connectivity index (χ4v) is 4.37. The number of aromatic nitrogens is 1. The van der Waals surface area contributed by atoms with E-state index in [1.165, 1.54) is 24.5 Å². The molecule has 0 spiro atoms. The Hall–Kier alpha value is -3.82. The van der Waals surface area contributed by atoms with Gasteiger partial charge in [-0.3, -0.25) is 4.79 Å². The fraction of sp³-hybridized carbons (Fsp3) is 0.240. The Bertz CT molecular complexity index is 1380. The van der Waals surface area contributed by atoms with Gasteiger partial charge in [-0.25, -0.2) is 8.78 Å². The van der Waals surface area contributed by atoms with E-state index in [-0.39, 0.29) is 36.8 Å². The van der Waals surface area contributed by atoms with Crippen molar-refractivity contribution in [2.45, 2.75) is 12.7 Å². The fourth-order valence-electron chi connectivity index (χ4n) is 4.37. The summed E-state index contributed by atoms with van der Waals surface area (Å²) in [6, 6.07) is 12.2. The number of carbonyl (C=O) groups excluding carboxylic acids is 1. The molecule has 3 heterocycles. The van der Waals surface area contributed by atoms with E-state index in [4.69, 9.17) is 4.42 Å². The largest absolute Gasteiger partial charge is 0.463 e. The summed E-state index contributed by atoms with van der Waals surface area (Å²) < 4.78 is 74.3. The number of furan rings is 1. The number of rotatable bonds is 4. The first-order valence-electron chi connectivity index (χ1n) is 10.9.